The standard InChI is InChI=1S/C12H25NO.ClH/c1-9(2)10-6-7-13(8-11(10)14)12(3,4)5;/h9-11,14H,6-8H2,1-5H3;1H. The van der Waals surface area contributed by atoms with Crippen LogP contribution in [0.1, 0.15) is 41.0 Å². The zero-order valence-electron chi connectivity index (χ0n) is 10.7. The Morgan fingerprint density at radius 3 is 2.13 bits per heavy atom. The van der Waals surface area contributed by atoms with Gasteiger partial charge in [0, 0.05) is 12.1 Å². The van der Waals surface area contributed by atoms with Gasteiger partial charge in [-0.25, -0.2) is 0 Å². The van der Waals surface area contributed by atoms with Crippen LogP contribution in [0.25, 0.3) is 0 Å². The Bertz CT molecular complexity index is 189. The number of aliphatic hydroxyl groups excluding tert-OH is 1. The second-order valence-corrected chi connectivity index (χ2v) is 5.88. The predicted octanol–water partition coefficient (Wildman–Crippen LogP) is 2.55. The lowest BCUT2D eigenvalue weighted by atomic mass is 9.83. The molecule has 2 unspecified atom stereocenters. The van der Waals surface area contributed by atoms with Crippen LogP contribution in [0.3, 0.4) is 0 Å². The van der Waals surface area contributed by atoms with E-state index in [4.69, 9.17) is 0 Å². The summed E-state index contributed by atoms with van der Waals surface area (Å²) >= 11 is 0. The molecule has 1 N–H and O–H groups in total. The Balaban J connectivity index is 0.00000196. The van der Waals surface area contributed by atoms with E-state index >= 15 is 0 Å². The van der Waals surface area contributed by atoms with Gasteiger partial charge in [0.25, 0.3) is 0 Å². The SMILES string of the molecule is CC(C)C1CCN(C(C)(C)C)CC1O.Cl. The summed E-state index contributed by atoms with van der Waals surface area (Å²) in [6, 6.07) is 0. The summed E-state index contributed by atoms with van der Waals surface area (Å²) in [7, 11) is 0. The maximum atomic E-state index is 10.0. The first-order valence-electron chi connectivity index (χ1n) is 5.75. The minimum Gasteiger partial charge on any atom is -0.391 e. The van der Waals surface area contributed by atoms with Gasteiger partial charge >= 0.3 is 0 Å². The zero-order valence-corrected chi connectivity index (χ0v) is 11.5. The molecule has 0 aromatic rings. The molecule has 0 spiro atoms. The first kappa shape index (κ1) is 15.2. The molecule has 0 radical (unpaired) electrons. The van der Waals surface area contributed by atoms with Gasteiger partial charge in [0.05, 0.1) is 6.10 Å². The molecule has 0 aromatic heterocycles. The van der Waals surface area contributed by atoms with Crippen LogP contribution in [0, 0.1) is 11.8 Å². The smallest absolute Gasteiger partial charge is 0.0698 e. The van der Waals surface area contributed by atoms with Crippen molar-refractivity contribution < 1.29 is 5.11 Å². The van der Waals surface area contributed by atoms with Crippen LogP contribution in [-0.2, 0) is 0 Å². The quantitative estimate of drug-likeness (QED) is 0.755. The van der Waals surface area contributed by atoms with Gasteiger partial charge in [0.15, 0.2) is 0 Å². The number of halogens is 1. The molecule has 0 amide bonds. The Morgan fingerprint density at radius 2 is 1.80 bits per heavy atom. The van der Waals surface area contributed by atoms with Crippen molar-refractivity contribution in [2.24, 2.45) is 11.8 Å². The van der Waals surface area contributed by atoms with Crippen LogP contribution < -0.4 is 0 Å². The average Bonchev–Trinajstić information content (AvgIpc) is 2.01. The third kappa shape index (κ3) is 3.93. The van der Waals surface area contributed by atoms with Gasteiger partial charge in [-0.3, -0.25) is 4.90 Å². The van der Waals surface area contributed by atoms with E-state index in [9.17, 15) is 5.11 Å². The second kappa shape index (κ2) is 5.51. The highest BCUT2D eigenvalue weighted by Gasteiger charge is 2.33. The number of aliphatic hydroxyl groups is 1. The third-order valence-electron chi connectivity index (χ3n) is 3.44. The molecule has 15 heavy (non-hydrogen) atoms. The van der Waals surface area contributed by atoms with Gasteiger partial charge < -0.3 is 5.11 Å². The minimum absolute atomic E-state index is 0. The van der Waals surface area contributed by atoms with Gasteiger partial charge in [0.1, 0.15) is 0 Å². The van der Waals surface area contributed by atoms with Crippen molar-refractivity contribution in [2.75, 3.05) is 13.1 Å². The fourth-order valence-electron chi connectivity index (χ4n) is 2.34. The van der Waals surface area contributed by atoms with Crippen molar-refractivity contribution in [3.05, 3.63) is 0 Å². The van der Waals surface area contributed by atoms with Crippen LogP contribution in [0.5, 0.6) is 0 Å². The summed E-state index contributed by atoms with van der Waals surface area (Å²) in [6.45, 7) is 13.0. The number of likely N-dealkylation sites (tertiary alicyclic amines) is 1. The first-order chi connectivity index (χ1) is 6.32. The molecule has 0 bridgehead atoms. The Labute approximate surface area is 100 Å². The number of rotatable bonds is 1. The van der Waals surface area contributed by atoms with E-state index in [1.54, 1.807) is 0 Å². The van der Waals surface area contributed by atoms with Crippen molar-refractivity contribution in [2.45, 2.75) is 52.7 Å². The molecule has 1 aliphatic heterocycles. The molecule has 1 heterocycles. The molecule has 1 aliphatic rings. The van der Waals surface area contributed by atoms with Gasteiger partial charge in [-0.2, -0.15) is 0 Å². The Morgan fingerprint density at radius 1 is 1.27 bits per heavy atom. The Kier molecular flexibility index (Phi) is 5.59. The number of nitrogens with zero attached hydrogens (tertiary/aromatic N) is 1. The fraction of sp³-hybridized carbons (Fsp3) is 1.00. The molecule has 1 fully saturated rings. The molecular formula is C12H26ClNO. The van der Waals surface area contributed by atoms with Crippen LogP contribution >= 0.6 is 12.4 Å². The molecule has 0 aliphatic carbocycles. The van der Waals surface area contributed by atoms with Crippen molar-refractivity contribution in [1.29, 1.82) is 0 Å². The summed E-state index contributed by atoms with van der Waals surface area (Å²) in [5.41, 5.74) is 0.197. The summed E-state index contributed by atoms with van der Waals surface area (Å²) in [5.74, 6) is 1.10. The summed E-state index contributed by atoms with van der Waals surface area (Å²) in [6.07, 6.45) is 0.999. The summed E-state index contributed by atoms with van der Waals surface area (Å²) < 4.78 is 0. The molecule has 1 rings (SSSR count). The van der Waals surface area contributed by atoms with Crippen LogP contribution in [0.4, 0.5) is 0 Å². The van der Waals surface area contributed by atoms with Gasteiger partial charge in [0.2, 0.25) is 0 Å². The third-order valence-corrected chi connectivity index (χ3v) is 3.44. The van der Waals surface area contributed by atoms with Gasteiger partial charge in [-0.15, -0.1) is 12.4 Å². The minimum atomic E-state index is -0.136. The monoisotopic (exact) mass is 235 g/mol. The maximum absolute atomic E-state index is 10.0. The van der Waals surface area contributed by atoms with Gasteiger partial charge in [-0.1, -0.05) is 13.8 Å². The molecule has 0 aromatic carbocycles. The maximum Gasteiger partial charge on any atom is 0.0698 e. The lowest BCUT2D eigenvalue weighted by Gasteiger charge is -2.44. The summed E-state index contributed by atoms with van der Waals surface area (Å²) in [4.78, 5) is 2.39. The lowest BCUT2D eigenvalue weighted by Crippen LogP contribution is -2.52. The topological polar surface area (TPSA) is 23.5 Å². The zero-order chi connectivity index (χ0) is 10.9. The molecule has 3 heteroatoms. The molecule has 2 atom stereocenters. The highest BCUT2D eigenvalue weighted by molar-refractivity contribution is 5.85. The highest BCUT2D eigenvalue weighted by atomic mass is 35.5. The van der Waals surface area contributed by atoms with Crippen molar-refractivity contribution >= 4 is 12.4 Å². The molecule has 92 valence electrons. The molecular weight excluding hydrogens is 210 g/mol. The van der Waals surface area contributed by atoms with E-state index in [2.05, 4.69) is 39.5 Å². The fourth-order valence-corrected chi connectivity index (χ4v) is 2.34. The van der Waals surface area contributed by atoms with E-state index in [-0.39, 0.29) is 24.0 Å². The van der Waals surface area contributed by atoms with E-state index < -0.39 is 0 Å². The normalized spacial score (nSPS) is 29.0. The first-order valence-corrected chi connectivity index (χ1v) is 5.75. The van der Waals surface area contributed by atoms with E-state index in [1.165, 1.54) is 0 Å². The highest BCUT2D eigenvalue weighted by Crippen LogP contribution is 2.28. The van der Waals surface area contributed by atoms with E-state index in [0.717, 1.165) is 19.5 Å². The molecule has 0 saturated carbocycles. The van der Waals surface area contributed by atoms with Crippen LogP contribution in [0.2, 0.25) is 0 Å². The average molecular weight is 236 g/mol. The largest absolute Gasteiger partial charge is 0.391 e. The van der Waals surface area contributed by atoms with Crippen molar-refractivity contribution in [3.8, 4) is 0 Å². The van der Waals surface area contributed by atoms with Gasteiger partial charge in [-0.05, 0) is 45.6 Å². The number of hydrogen-bond acceptors (Lipinski definition) is 2. The second-order valence-electron chi connectivity index (χ2n) is 5.88. The molecule has 2 nitrogen and oxygen atoms in total. The number of hydrogen-bond donors (Lipinski definition) is 1. The van der Waals surface area contributed by atoms with E-state index in [0.29, 0.717) is 11.8 Å². The molecule has 1 saturated heterocycles. The van der Waals surface area contributed by atoms with Crippen molar-refractivity contribution in [3.63, 3.8) is 0 Å². The van der Waals surface area contributed by atoms with Crippen molar-refractivity contribution in [1.82, 2.24) is 4.90 Å². The number of β-amino-alcohol motifs (C(OH)–C–C–N with tert-alkyl or cyclic N) is 1. The lowest BCUT2D eigenvalue weighted by molar-refractivity contribution is -0.0290. The summed E-state index contributed by atoms with van der Waals surface area (Å²) in [5, 5.41) is 10.0. The predicted molar refractivity (Wildman–Crippen MR) is 67.5 cm³/mol. The van der Waals surface area contributed by atoms with Crippen LogP contribution in [-0.4, -0.2) is 34.7 Å². The van der Waals surface area contributed by atoms with E-state index in [1.807, 2.05) is 0 Å². The van der Waals surface area contributed by atoms with Crippen LogP contribution in [0.15, 0.2) is 0 Å². The Hall–Kier alpha value is 0.210. The number of piperidine rings is 1.